The first-order valence-corrected chi connectivity index (χ1v) is 9.07. The minimum Gasteiger partial charge on any atom is -0.497 e. The van der Waals surface area contributed by atoms with E-state index in [1.165, 1.54) is 37.0 Å². The molecule has 4 nitrogen and oxygen atoms in total. The van der Waals surface area contributed by atoms with Gasteiger partial charge in [0.05, 0.1) is 20.2 Å². The number of quaternary nitrogens is 1. The molecule has 1 aromatic rings. The molecule has 2 fully saturated rings. The molecule has 1 atom stereocenters. The second kappa shape index (κ2) is 7.82. The average molecular weight is 317 g/mol. The highest BCUT2D eigenvalue weighted by atomic mass is 16.5. The van der Waals surface area contributed by atoms with Gasteiger partial charge >= 0.3 is 0 Å². The van der Waals surface area contributed by atoms with Crippen LogP contribution in [0.1, 0.15) is 56.6 Å². The van der Waals surface area contributed by atoms with Crippen LogP contribution in [-0.2, 0) is 4.79 Å². The first-order valence-electron chi connectivity index (χ1n) is 9.07. The van der Waals surface area contributed by atoms with Crippen molar-refractivity contribution in [3.05, 3.63) is 29.8 Å². The lowest BCUT2D eigenvalue weighted by atomic mass is 10.00. The molecule has 1 aromatic carbocycles. The molecule has 23 heavy (non-hydrogen) atoms. The molecular formula is C19H29N2O2+. The van der Waals surface area contributed by atoms with Crippen molar-refractivity contribution >= 4 is 5.91 Å². The molecule has 0 spiro atoms. The Bertz CT molecular complexity index is 503. The summed E-state index contributed by atoms with van der Waals surface area (Å²) in [5, 5.41) is 3.31. The summed E-state index contributed by atoms with van der Waals surface area (Å²) < 4.78 is 5.26. The first kappa shape index (κ1) is 16.3. The number of nitrogens with one attached hydrogen (secondary N) is 2. The molecule has 0 radical (unpaired) electrons. The number of hydrogen-bond donors (Lipinski definition) is 2. The van der Waals surface area contributed by atoms with Crippen LogP contribution in [-0.4, -0.2) is 32.1 Å². The van der Waals surface area contributed by atoms with E-state index in [9.17, 15) is 4.79 Å². The molecule has 2 N–H and O–H groups in total. The number of rotatable bonds is 5. The minimum atomic E-state index is -0.0817. The second-order valence-electron chi connectivity index (χ2n) is 6.92. The SMILES string of the molecule is COc1ccc(C(C(=O)NC2CCCC2)[NH+]2CCCCC2)cc1. The van der Waals surface area contributed by atoms with Gasteiger partial charge in [-0.25, -0.2) is 0 Å². The third-order valence-electron chi connectivity index (χ3n) is 5.32. The molecule has 2 aliphatic rings. The highest BCUT2D eigenvalue weighted by Gasteiger charge is 2.34. The molecule has 126 valence electrons. The standard InChI is InChI=1S/C19H28N2O2/c1-23-17-11-9-15(10-12-17)18(21-13-5-2-6-14-21)19(22)20-16-7-3-4-8-16/h9-12,16,18H,2-8,13-14H2,1H3,(H,20,22)/p+1. The Balaban J connectivity index is 1.77. The van der Waals surface area contributed by atoms with Crippen LogP contribution < -0.4 is 15.0 Å². The molecule has 1 aliphatic heterocycles. The molecule has 4 heteroatoms. The lowest BCUT2D eigenvalue weighted by Gasteiger charge is -2.31. The molecule has 1 saturated heterocycles. The average Bonchev–Trinajstić information content (AvgIpc) is 3.10. The Morgan fingerprint density at radius 2 is 1.74 bits per heavy atom. The maximum atomic E-state index is 13.0. The molecular weight excluding hydrogens is 288 g/mol. The molecule has 1 aliphatic carbocycles. The van der Waals surface area contributed by atoms with E-state index in [-0.39, 0.29) is 11.9 Å². The van der Waals surface area contributed by atoms with Crippen molar-refractivity contribution in [1.29, 1.82) is 0 Å². The third-order valence-corrected chi connectivity index (χ3v) is 5.32. The van der Waals surface area contributed by atoms with Crippen molar-refractivity contribution in [3.63, 3.8) is 0 Å². The van der Waals surface area contributed by atoms with Crippen LogP contribution >= 0.6 is 0 Å². The number of amides is 1. The quantitative estimate of drug-likeness (QED) is 0.870. The number of ether oxygens (including phenoxy) is 1. The minimum absolute atomic E-state index is 0.0817. The van der Waals surface area contributed by atoms with E-state index in [1.807, 2.05) is 12.1 Å². The van der Waals surface area contributed by atoms with Crippen LogP contribution in [0.15, 0.2) is 24.3 Å². The predicted octanol–water partition coefficient (Wildman–Crippen LogP) is 1.86. The number of likely N-dealkylation sites (tertiary alicyclic amines) is 1. The van der Waals surface area contributed by atoms with Gasteiger partial charge in [0.25, 0.3) is 5.91 Å². The predicted molar refractivity (Wildman–Crippen MR) is 90.7 cm³/mol. The lowest BCUT2D eigenvalue weighted by Crippen LogP contribution is -3.14. The zero-order valence-corrected chi connectivity index (χ0v) is 14.1. The third kappa shape index (κ3) is 4.05. The normalized spacial score (nSPS) is 21.1. The van der Waals surface area contributed by atoms with Gasteiger partial charge in [0.15, 0.2) is 6.04 Å². The maximum absolute atomic E-state index is 13.0. The largest absolute Gasteiger partial charge is 0.497 e. The van der Waals surface area contributed by atoms with Crippen LogP contribution in [0.2, 0.25) is 0 Å². The van der Waals surface area contributed by atoms with Gasteiger partial charge in [-0.15, -0.1) is 0 Å². The van der Waals surface area contributed by atoms with E-state index in [2.05, 4.69) is 17.4 Å². The van der Waals surface area contributed by atoms with Gasteiger partial charge in [-0.05, 0) is 56.4 Å². The molecule has 1 heterocycles. The fourth-order valence-corrected chi connectivity index (χ4v) is 4.02. The van der Waals surface area contributed by atoms with Crippen molar-refractivity contribution in [2.24, 2.45) is 0 Å². The fourth-order valence-electron chi connectivity index (χ4n) is 4.02. The first-order chi connectivity index (χ1) is 11.3. The Morgan fingerprint density at radius 3 is 2.35 bits per heavy atom. The highest BCUT2D eigenvalue weighted by Crippen LogP contribution is 2.20. The topological polar surface area (TPSA) is 42.8 Å². The Labute approximate surface area is 139 Å². The van der Waals surface area contributed by atoms with E-state index >= 15 is 0 Å². The zero-order chi connectivity index (χ0) is 16.1. The van der Waals surface area contributed by atoms with E-state index < -0.39 is 0 Å². The van der Waals surface area contributed by atoms with Crippen molar-refractivity contribution in [2.75, 3.05) is 20.2 Å². The van der Waals surface area contributed by atoms with Crippen molar-refractivity contribution < 1.29 is 14.4 Å². The number of carbonyl (C=O) groups is 1. The molecule has 0 aromatic heterocycles. The van der Waals surface area contributed by atoms with Gasteiger partial charge < -0.3 is 15.0 Å². The van der Waals surface area contributed by atoms with Gasteiger partial charge in [0.1, 0.15) is 5.75 Å². The summed E-state index contributed by atoms with van der Waals surface area (Å²) in [5.41, 5.74) is 1.11. The Morgan fingerprint density at radius 1 is 1.09 bits per heavy atom. The van der Waals surface area contributed by atoms with E-state index in [1.54, 1.807) is 7.11 Å². The van der Waals surface area contributed by atoms with Crippen LogP contribution in [0, 0.1) is 0 Å². The van der Waals surface area contributed by atoms with Gasteiger partial charge in [-0.3, -0.25) is 4.79 Å². The van der Waals surface area contributed by atoms with Gasteiger partial charge in [-0.2, -0.15) is 0 Å². The van der Waals surface area contributed by atoms with Gasteiger partial charge in [-0.1, -0.05) is 12.8 Å². The summed E-state index contributed by atoms with van der Waals surface area (Å²) in [6.45, 7) is 2.18. The fraction of sp³-hybridized carbons (Fsp3) is 0.632. The van der Waals surface area contributed by atoms with Crippen LogP contribution in [0.5, 0.6) is 5.75 Å². The van der Waals surface area contributed by atoms with E-state index in [0.717, 1.165) is 37.2 Å². The molecule has 1 amide bonds. The summed E-state index contributed by atoms with van der Waals surface area (Å²) in [6, 6.07) is 8.34. The summed E-state index contributed by atoms with van der Waals surface area (Å²) in [4.78, 5) is 14.4. The van der Waals surface area contributed by atoms with Gasteiger partial charge in [0.2, 0.25) is 0 Å². The van der Waals surface area contributed by atoms with Crippen molar-refractivity contribution in [3.8, 4) is 5.75 Å². The number of piperidine rings is 1. The molecule has 1 unspecified atom stereocenters. The molecule has 1 saturated carbocycles. The highest BCUT2D eigenvalue weighted by molar-refractivity contribution is 5.82. The smallest absolute Gasteiger partial charge is 0.283 e. The zero-order valence-electron chi connectivity index (χ0n) is 14.1. The van der Waals surface area contributed by atoms with E-state index in [0.29, 0.717) is 6.04 Å². The Hall–Kier alpha value is -1.55. The lowest BCUT2D eigenvalue weighted by molar-refractivity contribution is -0.926. The van der Waals surface area contributed by atoms with Crippen molar-refractivity contribution in [2.45, 2.75) is 57.0 Å². The Kier molecular flexibility index (Phi) is 5.55. The second-order valence-corrected chi connectivity index (χ2v) is 6.92. The summed E-state index contributed by atoms with van der Waals surface area (Å²) >= 11 is 0. The number of methoxy groups -OCH3 is 1. The maximum Gasteiger partial charge on any atom is 0.283 e. The van der Waals surface area contributed by atoms with Crippen molar-refractivity contribution in [1.82, 2.24) is 5.32 Å². The number of hydrogen-bond acceptors (Lipinski definition) is 2. The summed E-state index contributed by atoms with van der Waals surface area (Å²) in [6.07, 6.45) is 8.50. The van der Waals surface area contributed by atoms with Gasteiger partial charge in [0, 0.05) is 11.6 Å². The summed E-state index contributed by atoms with van der Waals surface area (Å²) in [5.74, 6) is 1.05. The van der Waals surface area contributed by atoms with Crippen LogP contribution in [0.25, 0.3) is 0 Å². The molecule has 3 rings (SSSR count). The molecule has 0 bridgehead atoms. The van der Waals surface area contributed by atoms with Crippen LogP contribution in [0.4, 0.5) is 0 Å². The van der Waals surface area contributed by atoms with E-state index in [4.69, 9.17) is 4.74 Å². The number of carbonyl (C=O) groups excluding carboxylic acids is 1. The monoisotopic (exact) mass is 317 g/mol. The number of benzene rings is 1. The van der Waals surface area contributed by atoms with Crippen LogP contribution in [0.3, 0.4) is 0 Å². The summed E-state index contributed by atoms with van der Waals surface area (Å²) in [7, 11) is 1.68.